The highest BCUT2D eigenvalue weighted by Gasteiger charge is 2.40. The molecule has 0 bridgehead atoms. The molecule has 0 fully saturated rings. The topological polar surface area (TPSA) is 52.9 Å². The number of ether oxygens (including phenoxy) is 1. The van der Waals surface area contributed by atoms with E-state index >= 15 is 0 Å². The van der Waals surface area contributed by atoms with E-state index in [1.807, 2.05) is 24.3 Å². The van der Waals surface area contributed by atoms with Crippen LogP contribution in [-0.2, 0) is 10.3 Å². The van der Waals surface area contributed by atoms with E-state index in [0.717, 1.165) is 43.6 Å². The van der Waals surface area contributed by atoms with Crippen molar-refractivity contribution in [2.24, 2.45) is 0 Å². The molecule has 2 aromatic rings. The van der Waals surface area contributed by atoms with Crippen molar-refractivity contribution < 1.29 is 14.9 Å². The van der Waals surface area contributed by atoms with Crippen LogP contribution in [0.5, 0.6) is 11.5 Å². The molecule has 28 heavy (non-hydrogen) atoms. The lowest BCUT2D eigenvalue weighted by Crippen LogP contribution is -2.39. The quantitative estimate of drug-likeness (QED) is 0.554. The Balaban J connectivity index is 2.42. The van der Waals surface area contributed by atoms with Crippen molar-refractivity contribution in [1.82, 2.24) is 4.90 Å². The average molecular weight is 386 g/mol. The van der Waals surface area contributed by atoms with E-state index in [0.29, 0.717) is 6.61 Å². The number of phenols is 2. The van der Waals surface area contributed by atoms with Gasteiger partial charge in [0.2, 0.25) is 0 Å². The molecule has 0 saturated heterocycles. The van der Waals surface area contributed by atoms with Gasteiger partial charge in [-0.2, -0.15) is 0 Å². The van der Waals surface area contributed by atoms with Crippen LogP contribution in [0.3, 0.4) is 0 Å². The van der Waals surface area contributed by atoms with Crippen molar-refractivity contribution in [3.63, 3.8) is 0 Å². The van der Waals surface area contributed by atoms with Crippen molar-refractivity contribution >= 4 is 0 Å². The predicted octanol–water partition coefficient (Wildman–Crippen LogP) is 5.26. The molecule has 0 aliphatic rings. The second-order valence-electron chi connectivity index (χ2n) is 7.22. The number of likely N-dealkylation sites (N-methyl/N-ethyl adjacent to an activating group) is 1. The third-order valence-electron chi connectivity index (χ3n) is 5.81. The summed E-state index contributed by atoms with van der Waals surface area (Å²) in [4.78, 5) is 2.36. The van der Waals surface area contributed by atoms with Gasteiger partial charge >= 0.3 is 0 Å². The van der Waals surface area contributed by atoms with E-state index in [1.54, 1.807) is 24.3 Å². The fourth-order valence-corrected chi connectivity index (χ4v) is 4.12. The maximum atomic E-state index is 9.78. The summed E-state index contributed by atoms with van der Waals surface area (Å²) >= 11 is 0. The first-order chi connectivity index (χ1) is 13.5. The van der Waals surface area contributed by atoms with Crippen LogP contribution in [0.4, 0.5) is 0 Å². The molecule has 2 aromatic carbocycles. The van der Waals surface area contributed by atoms with Crippen molar-refractivity contribution in [2.45, 2.75) is 52.1 Å². The number of benzene rings is 2. The van der Waals surface area contributed by atoms with E-state index < -0.39 is 5.60 Å². The van der Waals surface area contributed by atoms with Crippen LogP contribution in [0.15, 0.2) is 48.5 Å². The molecule has 2 N–H and O–H groups in total. The third kappa shape index (κ3) is 5.06. The monoisotopic (exact) mass is 385 g/mol. The van der Waals surface area contributed by atoms with E-state index in [1.165, 1.54) is 0 Å². The van der Waals surface area contributed by atoms with E-state index in [9.17, 15) is 10.2 Å². The molecular weight excluding hydrogens is 350 g/mol. The molecule has 0 aliphatic heterocycles. The molecular formula is C24H35NO3. The minimum atomic E-state index is -0.493. The maximum absolute atomic E-state index is 9.78. The van der Waals surface area contributed by atoms with E-state index in [4.69, 9.17) is 4.74 Å². The van der Waals surface area contributed by atoms with Gasteiger partial charge in [0.05, 0.1) is 12.2 Å². The van der Waals surface area contributed by atoms with Crippen molar-refractivity contribution in [2.75, 3.05) is 26.2 Å². The highest BCUT2D eigenvalue weighted by molar-refractivity contribution is 5.36. The molecule has 0 amide bonds. The lowest BCUT2D eigenvalue weighted by molar-refractivity contribution is -0.0808. The predicted molar refractivity (Wildman–Crippen MR) is 115 cm³/mol. The van der Waals surface area contributed by atoms with E-state index in [2.05, 4.69) is 32.6 Å². The molecule has 0 heterocycles. The van der Waals surface area contributed by atoms with Gasteiger partial charge in [-0.05, 0) is 61.3 Å². The van der Waals surface area contributed by atoms with Crippen LogP contribution in [-0.4, -0.2) is 41.4 Å². The number of phenolic OH excluding ortho intramolecular Hbond substituents is 2. The SMILES string of the molecule is CCC(c1ccc(O)cc1)C(CC)(OCCN(CC)CC)c1ccc(O)cc1. The Hall–Kier alpha value is -2.04. The largest absolute Gasteiger partial charge is 0.508 e. The summed E-state index contributed by atoms with van der Waals surface area (Å²) in [6.07, 6.45) is 1.72. The summed E-state index contributed by atoms with van der Waals surface area (Å²) < 4.78 is 6.69. The molecule has 4 nitrogen and oxygen atoms in total. The Kier molecular flexibility index (Phi) is 8.34. The normalized spacial score (nSPS) is 14.8. The number of nitrogens with zero attached hydrogens (tertiary/aromatic N) is 1. The third-order valence-corrected chi connectivity index (χ3v) is 5.81. The van der Waals surface area contributed by atoms with Crippen LogP contribution in [0.25, 0.3) is 0 Å². The molecule has 154 valence electrons. The van der Waals surface area contributed by atoms with Crippen molar-refractivity contribution in [1.29, 1.82) is 0 Å². The standard InChI is InChI=1S/C24H35NO3/c1-5-23(19-9-13-21(26)14-10-19)24(6-2,20-11-15-22(27)16-12-20)28-18-17-25(7-3)8-4/h9-16,23,26-27H,5-8,17-18H2,1-4H3. The van der Waals surface area contributed by atoms with Gasteiger partial charge in [0.15, 0.2) is 0 Å². The average Bonchev–Trinajstić information content (AvgIpc) is 2.72. The zero-order valence-electron chi connectivity index (χ0n) is 17.7. The zero-order valence-corrected chi connectivity index (χ0v) is 17.7. The molecule has 4 heteroatoms. The van der Waals surface area contributed by atoms with Gasteiger partial charge in [-0.15, -0.1) is 0 Å². The van der Waals surface area contributed by atoms with Gasteiger partial charge in [-0.25, -0.2) is 0 Å². The molecule has 0 aromatic heterocycles. The van der Waals surface area contributed by atoms with Crippen LogP contribution < -0.4 is 0 Å². The van der Waals surface area contributed by atoms with Crippen molar-refractivity contribution in [3.8, 4) is 11.5 Å². The molecule has 0 aliphatic carbocycles. The summed E-state index contributed by atoms with van der Waals surface area (Å²) in [5.41, 5.74) is 1.73. The minimum Gasteiger partial charge on any atom is -0.508 e. The lowest BCUT2D eigenvalue weighted by atomic mass is 9.74. The number of aromatic hydroxyl groups is 2. The summed E-state index contributed by atoms with van der Waals surface area (Å²) in [7, 11) is 0. The van der Waals surface area contributed by atoms with Gasteiger partial charge in [-0.3, -0.25) is 0 Å². The van der Waals surface area contributed by atoms with Gasteiger partial charge < -0.3 is 19.8 Å². The number of hydrogen-bond donors (Lipinski definition) is 2. The van der Waals surface area contributed by atoms with Crippen LogP contribution in [0.2, 0.25) is 0 Å². The summed E-state index contributed by atoms with van der Waals surface area (Å²) in [6.45, 7) is 12.2. The lowest BCUT2D eigenvalue weighted by Gasteiger charge is -2.41. The zero-order chi connectivity index (χ0) is 20.6. The molecule has 0 saturated carbocycles. The highest BCUT2D eigenvalue weighted by atomic mass is 16.5. The first-order valence-corrected chi connectivity index (χ1v) is 10.4. The minimum absolute atomic E-state index is 0.138. The maximum Gasteiger partial charge on any atom is 0.115 e. The Morgan fingerprint density at radius 3 is 1.86 bits per heavy atom. The number of rotatable bonds is 11. The van der Waals surface area contributed by atoms with Crippen molar-refractivity contribution in [3.05, 3.63) is 59.7 Å². The first-order valence-electron chi connectivity index (χ1n) is 10.4. The summed E-state index contributed by atoms with van der Waals surface area (Å²) in [6, 6.07) is 14.9. The second kappa shape index (κ2) is 10.5. The molecule has 2 rings (SSSR count). The Bertz CT molecular complexity index is 695. The van der Waals surface area contributed by atoms with Gasteiger partial charge in [0.1, 0.15) is 11.5 Å². The highest BCUT2D eigenvalue weighted by Crippen LogP contribution is 2.45. The molecule has 2 unspecified atom stereocenters. The van der Waals surface area contributed by atoms with Crippen LogP contribution in [0.1, 0.15) is 57.6 Å². The molecule has 2 atom stereocenters. The van der Waals surface area contributed by atoms with Gasteiger partial charge in [-0.1, -0.05) is 52.0 Å². The summed E-state index contributed by atoms with van der Waals surface area (Å²) in [5, 5.41) is 19.5. The fourth-order valence-electron chi connectivity index (χ4n) is 4.12. The Morgan fingerprint density at radius 1 is 0.857 bits per heavy atom. The van der Waals surface area contributed by atoms with E-state index in [-0.39, 0.29) is 17.4 Å². The number of hydrogen-bond acceptors (Lipinski definition) is 4. The summed E-state index contributed by atoms with van der Waals surface area (Å²) in [5.74, 6) is 0.668. The fraction of sp³-hybridized carbons (Fsp3) is 0.500. The van der Waals surface area contributed by atoms with Gasteiger partial charge in [0, 0.05) is 12.5 Å². The van der Waals surface area contributed by atoms with Gasteiger partial charge in [0.25, 0.3) is 0 Å². The van der Waals surface area contributed by atoms with Crippen LogP contribution in [0, 0.1) is 0 Å². The second-order valence-corrected chi connectivity index (χ2v) is 7.22. The van der Waals surface area contributed by atoms with Crippen LogP contribution >= 0.6 is 0 Å². The Morgan fingerprint density at radius 2 is 1.39 bits per heavy atom. The molecule has 0 spiro atoms. The smallest absolute Gasteiger partial charge is 0.115 e. The first kappa shape index (κ1) is 22.3. The Labute approximate surface area is 169 Å². The molecule has 0 radical (unpaired) electrons.